The molecule has 1 aromatic heterocycles. The molecule has 32 heavy (non-hydrogen) atoms. The van der Waals surface area contributed by atoms with E-state index < -0.39 is 11.7 Å². The van der Waals surface area contributed by atoms with E-state index in [1.807, 2.05) is 0 Å². The van der Waals surface area contributed by atoms with E-state index in [4.69, 9.17) is 21.7 Å². The first-order chi connectivity index (χ1) is 15.4. The smallest absolute Gasteiger partial charge is 0.266 e. The molecule has 0 aliphatic rings. The third-order valence-corrected chi connectivity index (χ3v) is 5.17. The van der Waals surface area contributed by atoms with Crippen molar-refractivity contribution in [1.82, 2.24) is 9.55 Å². The van der Waals surface area contributed by atoms with Gasteiger partial charge in [0.15, 0.2) is 16.3 Å². The van der Waals surface area contributed by atoms with Crippen LogP contribution in [0.4, 0.5) is 10.1 Å². The Balaban J connectivity index is 1.74. The van der Waals surface area contributed by atoms with Gasteiger partial charge in [-0.1, -0.05) is 0 Å². The Kier molecular flexibility index (Phi) is 5.74. The van der Waals surface area contributed by atoms with Crippen LogP contribution in [-0.4, -0.2) is 29.7 Å². The molecule has 9 heteroatoms. The van der Waals surface area contributed by atoms with Crippen LogP contribution in [0.5, 0.6) is 11.5 Å². The molecule has 0 spiro atoms. The number of nitrogens with zero attached hydrogens (tertiary/aromatic N) is 1. The van der Waals surface area contributed by atoms with Gasteiger partial charge in [0.1, 0.15) is 5.82 Å². The quantitative estimate of drug-likeness (QED) is 0.438. The minimum Gasteiger partial charge on any atom is -0.493 e. The van der Waals surface area contributed by atoms with E-state index >= 15 is 0 Å². The number of halogens is 1. The van der Waals surface area contributed by atoms with Crippen LogP contribution in [0.2, 0.25) is 0 Å². The molecule has 3 aromatic carbocycles. The van der Waals surface area contributed by atoms with E-state index in [0.717, 1.165) is 0 Å². The number of H-pyrrole nitrogens is 1. The number of methoxy groups -OCH3 is 2. The minimum absolute atomic E-state index is 0.158. The Morgan fingerprint density at radius 2 is 1.72 bits per heavy atom. The number of rotatable bonds is 5. The summed E-state index contributed by atoms with van der Waals surface area (Å²) in [5.41, 5.74) is 1.35. The predicted octanol–water partition coefficient (Wildman–Crippen LogP) is 4.46. The second kappa shape index (κ2) is 8.64. The average Bonchev–Trinajstić information content (AvgIpc) is 2.80. The van der Waals surface area contributed by atoms with E-state index in [2.05, 4.69) is 10.3 Å². The Labute approximate surface area is 187 Å². The van der Waals surface area contributed by atoms with Gasteiger partial charge in [-0.05, 0) is 66.8 Å². The van der Waals surface area contributed by atoms with Crippen LogP contribution in [0.3, 0.4) is 0 Å². The number of nitrogens with one attached hydrogen (secondary N) is 2. The highest BCUT2D eigenvalue weighted by Crippen LogP contribution is 2.29. The molecular formula is C23H18FN3O4S. The van der Waals surface area contributed by atoms with Gasteiger partial charge < -0.3 is 19.8 Å². The number of hydrogen-bond donors (Lipinski definition) is 2. The molecule has 0 radical (unpaired) electrons. The zero-order valence-electron chi connectivity index (χ0n) is 17.1. The van der Waals surface area contributed by atoms with E-state index in [1.54, 1.807) is 36.4 Å². The van der Waals surface area contributed by atoms with Crippen LogP contribution in [-0.2, 0) is 0 Å². The topological polar surface area (TPSA) is 85.4 Å². The van der Waals surface area contributed by atoms with Gasteiger partial charge in [0.05, 0.1) is 30.8 Å². The van der Waals surface area contributed by atoms with Gasteiger partial charge in [0, 0.05) is 17.3 Å². The predicted molar refractivity (Wildman–Crippen MR) is 122 cm³/mol. The number of aromatic amines is 1. The highest BCUT2D eigenvalue weighted by Gasteiger charge is 2.13. The van der Waals surface area contributed by atoms with Crippen LogP contribution >= 0.6 is 12.2 Å². The zero-order valence-corrected chi connectivity index (χ0v) is 18.0. The summed E-state index contributed by atoms with van der Waals surface area (Å²) in [5.74, 6) is 0.185. The Morgan fingerprint density at radius 1 is 1.00 bits per heavy atom. The number of fused-ring (bicyclic) bond motifs is 1. The minimum atomic E-state index is -0.401. The molecule has 0 saturated carbocycles. The standard InChI is InChI=1S/C23H18FN3O4S/c1-30-19-10-8-16(12-20(19)31-2)27-22(29)17-9-3-13(11-18(17)26-23(27)32)21(28)25-15-6-4-14(24)5-7-15/h3-12H,1-2H3,(H,25,28)(H,26,32). The van der Waals surface area contributed by atoms with Crippen molar-refractivity contribution >= 4 is 34.7 Å². The van der Waals surface area contributed by atoms with Crippen molar-refractivity contribution in [3.05, 3.63) is 87.2 Å². The monoisotopic (exact) mass is 451 g/mol. The maximum atomic E-state index is 13.2. The molecule has 0 aliphatic heterocycles. The van der Waals surface area contributed by atoms with Gasteiger partial charge in [-0.15, -0.1) is 0 Å². The summed E-state index contributed by atoms with van der Waals surface area (Å²) in [6, 6.07) is 15.1. The number of amides is 1. The fourth-order valence-electron chi connectivity index (χ4n) is 3.29. The number of benzene rings is 3. The van der Waals surface area contributed by atoms with E-state index in [9.17, 15) is 14.0 Å². The number of carbonyl (C=O) groups is 1. The Bertz CT molecular complexity index is 1440. The molecule has 162 valence electrons. The van der Waals surface area contributed by atoms with Gasteiger partial charge in [0.25, 0.3) is 11.5 Å². The lowest BCUT2D eigenvalue weighted by Crippen LogP contribution is -2.21. The summed E-state index contributed by atoms with van der Waals surface area (Å²) in [4.78, 5) is 28.8. The third-order valence-electron chi connectivity index (χ3n) is 4.89. The molecule has 0 aliphatic carbocycles. The number of hydrogen-bond acceptors (Lipinski definition) is 5. The molecule has 0 unspecified atom stereocenters. The first-order valence-corrected chi connectivity index (χ1v) is 9.90. The maximum Gasteiger partial charge on any atom is 0.266 e. The Hall–Kier alpha value is -3.98. The molecule has 0 fully saturated rings. The van der Waals surface area contributed by atoms with Gasteiger partial charge in [-0.25, -0.2) is 4.39 Å². The second-order valence-corrected chi connectivity index (χ2v) is 7.22. The summed E-state index contributed by atoms with van der Waals surface area (Å²) in [5, 5.41) is 3.04. The summed E-state index contributed by atoms with van der Waals surface area (Å²) in [6.07, 6.45) is 0. The zero-order chi connectivity index (χ0) is 22.8. The average molecular weight is 451 g/mol. The lowest BCUT2D eigenvalue weighted by atomic mass is 10.1. The fraction of sp³-hybridized carbons (Fsp3) is 0.0870. The van der Waals surface area contributed by atoms with Crippen LogP contribution in [0.15, 0.2) is 65.5 Å². The summed E-state index contributed by atoms with van der Waals surface area (Å²) in [6.45, 7) is 0. The lowest BCUT2D eigenvalue weighted by Gasteiger charge is -2.12. The first-order valence-electron chi connectivity index (χ1n) is 9.49. The molecule has 0 saturated heterocycles. The van der Waals surface area contributed by atoms with Crippen molar-refractivity contribution in [1.29, 1.82) is 0 Å². The third kappa shape index (κ3) is 3.97. The van der Waals surface area contributed by atoms with Crippen molar-refractivity contribution in [3.8, 4) is 17.2 Å². The Morgan fingerprint density at radius 3 is 2.41 bits per heavy atom. The van der Waals surface area contributed by atoms with E-state index in [1.165, 1.54) is 43.1 Å². The molecular weight excluding hydrogens is 433 g/mol. The largest absolute Gasteiger partial charge is 0.493 e. The molecule has 1 heterocycles. The van der Waals surface area contributed by atoms with Gasteiger partial charge >= 0.3 is 0 Å². The number of anilines is 1. The summed E-state index contributed by atoms with van der Waals surface area (Å²) < 4.78 is 25.1. The van der Waals surface area contributed by atoms with Gasteiger partial charge in [-0.2, -0.15) is 0 Å². The number of carbonyl (C=O) groups excluding carboxylic acids is 1. The summed E-state index contributed by atoms with van der Waals surface area (Å²) >= 11 is 5.42. The van der Waals surface area contributed by atoms with Crippen molar-refractivity contribution in [2.45, 2.75) is 0 Å². The van der Waals surface area contributed by atoms with Crippen molar-refractivity contribution in [2.24, 2.45) is 0 Å². The highest BCUT2D eigenvalue weighted by molar-refractivity contribution is 7.71. The molecule has 4 rings (SSSR count). The van der Waals surface area contributed by atoms with E-state index in [-0.39, 0.29) is 10.3 Å². The van der Waals surface area contributed by atoms with Crippen molar-refractivity contribution in [2.75, 3.05) is 19.5 Å². The molecule has 0 atom stereocenters. The number of aromatic nitrogens is 2. The molecule has 7 nitrogen and oxygen atoms in total. The normalized spacial score (nSPS) is 10.7. The SMILES string of the molecule is COc1ccc(-n2c(=S)[nH]c3cc(C(=O)Nc4ccc(F)cc4)ccc3c2=O)cc1OC. The molecule has 4 aromatic rings. The summed E-state index contributed by atoms with van der Waals surface area (Å²) in [7, 11) is 3.03. The lowest BCUT2D eigenvalue weighted by molar-refractivity contribution is 0.102. The first kappa shape index (κ1) is 21.3. The van der Waals surface area contributed by atoms with Crippen LogP contribution in [0.1, 0.15) is 10.4 Å². The highest BCUT2D eigenvalue weighted by atomic mass is 32.1. The molecule has 2 N–H and O–H groups in total. The van der Waals surface area contributed by atoms with Crippen LogP contribution in [0.25, 0.3) is 16.6 Å². The maximum absolute atomic E-state index is 13.2. The van der Waals surface area contributed by atoms with E-state index in [0.29, 0.717) is 39.3 Å². The van der Waals surface area contributed by atoms with Crippen molar-refractivity contribution < 1.29 is 18.7 Å². The van der Waals surface area contributed by atoms with Gasteiger partial charge in [0.2, 0.25) is 0 Å². The van der Waals surface area contributed by atoms with Crippen molar-refractivity contribution in [3.63, 3.8) is 0 Å². The second-order valence-electron chi connectivity index (χ2n) is 6.83. The van der Waals surface area contributed by atoms with Crippen LogP contribution in [0, 0.1) is 10.6 Å². The van der Waals surface area contributed by atoms with Crippen LogP contribution < -0.4 is 20.3 Å². The molecule has 1 amide bonds. The number of ether oxygens (including phenoxy) is 2. The van der Waals surface area contributed by atoms with Gasteiger partial charge in [-0.3, -0.25) is 14.2 Å². The molecule has 0 bridgehead atoms. The fourth-order valence-corrected chi connectivity index (χ4v) is 3.59.